The normalized spacial score (nSPS) is 17.8. The van der Waals surface area contributed by atoms with Gasteiger partial charge in [0.1, 0.15) is 5.75 Å². The van der Waals surface area contributed by atoms with Gasteiger partial charge in [0.2, 0.25) is 5.91 Å². The van der Waals surface area contributed by atoms with Gasteiger partial charge in [-0.15, -0.1) is 0 Å². The number of amides is 2. The van der Waals surface area contributed by atoms with Gasteiger partial charge < -0.3 is 4.74 Å². The molecule has 118 valence electrons. The van der Waals surface area contributed by atoms with Gasteiger partial charge in [0.05, 0.1) is 0 Å². The minimum atomic E-state index is -0.707. The quantitative estimate of drug-likeness (QED) is 0.621. The lowest BCUT2D eigenvalue weighted by Crippen LogP contribution is -2.47. The van der Waals surface area contributed by atoms with Crippen LogP contribution in [0.4, 0.5) is 0 Å². The Kier molecular flexibility index (Phi) is 6.00. The molecule has 1 aliphatic rings. The number of ether oxygens (including phenoxy) is 1. The number of hydrogen-bond donors (Lipinski definition) is 2. The molecule has 0 spiro atoms. The van der Waals surface area contributed by atoms with Crippen LogP contribution in [0, 0.1) is 5.92 Å². The van der Waals surface area contributed by atoms with Crippen molar-refractivity contribution in [2.75, 3.05) is 0 Å². The van der Waals surface area contributed by atoms with Gasteiger partial charge in [0.15, 0.2) is 6.10 Å². The molecule has 0 aromatic heterocycles. The Hall–Kier alpha value is -1.82. The Balaban J connectivity index is 1.74. The predicted molar refractivity (Wildman–Crippen MR) is 87.0 cm³/mol. The summed E-state index contributed by atoms with van der Waals surface area (Å²) in [5.74, 6) is 0.265. The van der Waals surface area contributed by atoms with E-state index in [9.17, 15) is 9.59 Å². The molecule has 5 nitrogen and oxygen atoms in total. The average molecular weight is 367 g/mol. The topological polar surface area (TPSA) is 67.4 Å². The summed E-state index contributed by atoms with van der Waals surface area (Å²) in [6.45, 7) is 1.63. The van der Waals surface area contributed by atoms with Crippen molar-refractivity contribution >= 4 is 27.7 Å². The molecule has 2 N–H and O–H groups in total. The van der Waals surface area contributed by atoms with Crippen LogP contribution in [0.5, 0.6) is 5.75 Å². The number of carbonyl (C=O) groups excluding carboxylic acids is 2. The molecule has 1 aliphatic carbocycles. The Bertz CT molecular complexity index is 574. The van der Waals surface area contributed by atoms with E-state index in [0.29, 0.717) is 12.2 Å². The van der Waals surface area contributed by atoms with Crippen LogP contribution in [-0.4, -0.2) is 17.9 Å². The second kappa shape index (κ2) is 7.98. The van der Waals surface area contributed by atoms with E-state index < -0.39 is 12.0 Å². The van der Waals surface area contributed by atoms with Crippen LogP contribution in [-0.2, 0) is 9.59 Å². The van der Waals surface area contributed by atoms with Crippen LogP contribution in [0.1, 0.15) is 26.2 Å². The van der Waals surface area contributed by atoms with Crippen LogP contribution in [0.25, 0.3) is 0 Å². The van der Waals surface area contributed by atoms with Crippen molar-refractivity contribution in [3.63, 3.8) is 0 Å². The number of hydrogen-bond acceptors (Lipinski definition) is 3. The second-order valence-corrected chi connectivity index (χ2v) is 6.14. The van der Waals surface area contributed by atoms with E-state index in [1.807, 2.05) is 18.2 Å². The maximum Gasteiger partial charge on any atom is 0.279 e. The molecule has 0 unspecified atom stereocenters. The molecule has 1 aromatic rings. The number of halogens is 1. The van der Waals surface area contributed by atoms with Crippen molar-refractivity contribution in [1.29, 1.82) is 0 Å². The SMILES string of the molecule is C[C@@H](Oc1cccc(Br)c1)C(=O)NNC(=O)C[C@@H]1C=CCC1. The molecular weight excluding hydrogens is 348 g/mol. The maximum atomic E-state index is 11.9. The van der Waals surface area contributed by atoms with Crippen LogP contribution in [0.15, 0.2) is 40.9 Å². The molecule has 2 rings (SSSR count). The van der Waals surface area contributed by atoms with E-state index >= 15 is 0 Å². The third-order valence-electron chi connectivity index (χ3n) is 3.36. The monoisotopic (exact) mass is 366 g/mol. The Morgan fingerprint density at radius 1 is 1.41 bits per heavy atom. The Morgan fingerprint density at radius 2 is 2.23 bits per heavy atom. The Morgan fingerprint density at radius 3 is 2.91 bits per heavy atom. The summed E-state index contributed by atoms with van der Waals surface area (Å²) in [4.78, 5) is 23.6. The summed E-state index contributed by atoms with van der Waals surface area (Å²) in [5, 5.41) is 0. The van der Waals surface area contributed by atoms with Crippen LogP contribution >= 0.6 is 15.9 Å². The highest BCUT2D eigenvalue weighted by atomic mass is 79.9. The smallest absolute Gasteiger partial charge is 0.279 e. The van der Waals surface area contributed by atoms with Gasteiger partial charge in [-0.1, -0.05) is 34.1 Å². The van der Waals surface area contributed by atoms with Gasteiger partial charge in [-0.25, -0.2) is 0 Å². The second-order valence-electron chi connectivity index (χ2n) is 5.22. The number of nitrogens with one attached hydrogen (secondary N) is 2. The van der Waals surface area contributed by atoms with Crippen molar-refractivity contribution < 1.29 is 14.3 Å². The summed E-state index contributed by atoms with van der Waals surface area (Å²) in [7, 11) is 0. The zero-order chi connectivity index (χ0) is 15.9. The van der Waals surface area contributed by atoms with E-state index in [1.165, 1.54) is 0 Å². The van der Waals surface area contributed by atoms with Crippen molar-refractivity contribution in [3.05, 3.63) is 40.9 Å². The third-order valence-corrected chi connectivity index (χ3v) is 3.86. The third kappa shape index (κ3) is 5.18. The maximum absolute atomic E-state index is 11.9. The highest BCUT2D eigenvalue weighted by Gasteiger charge is 2.17. The lowest BCUT2D eigenvalue weighted by atomic mass is 10.1. The number of carbonyl (C=O) groups is 2. The molecule has 6 heteroatoms. The Labute approximate surface area is 138 Å². The molecule has 0 heterocycles. The van der Waals surface area contributed by atoms with Gasteiger partial charge in [0.25, 0.3) is 5.91 Å². The van der Waals surface area contributed by atoms with Gasteiger partial charge in [0, 0.05) is 10.9 Å². The van der Waals surface area contributed by atoms with Crippen LogP contribution < -0.4 is 15.6 Å². The summed E-state index contributed by atoms with van der Waals surface area (Å²) in [5.41, 5.74) is 4.82. The van der Waals surface area contributed by atoms with Gasteiger partial charge in [-0.2, -0.15) is 0 Å². The molecule has 2 atom stereocenters. The fourth-order valence-corrected chi connectivity index (χ4v) is 2.56. The molecule has 1 aromatic carbocycles. The van der Waals surface area contributed by atoms with Gasteiger partial charge in [-0.05, 0) is 43.9 Å². The summed E-state index contributed by atoms with van der Waals surface area (Å²) in [6.07, 6.45) is 5.80. The van der Waals surface area contributed by atoms with Crippen molar-refractivity contribution in [1.82, 2.24) is 10.9 Å². The number of allylic oxidation sites excluding steroid dienone is 2. The van der Waals surface area contributed by atoms with Crippen molar-refractivity contribution in [2.24, 2.45) is 5.92 Å². The molecule has 0 aliphatic heterocycles. The molecule has 22 heavy (non-hydrogen) atoms. The van der Waals surface area contributed by atoms with E-state index in [-0.39, 0.29) is 11.8 Å². The number of benzene rings is 1. The first-order valence-electron chi connectivity index (χ1n) is 7.22. The zero-order valence-electron chi connectivity index (χ0n) is 12.3. The largest absolute Gasteiger partial charge is 0.481 e. The van der Waals surface area contributed by atoms with E-state index in [4.69, 9.17) is 4.74 Å². The highest BCUT2D eigenvalue weighted by Crippen LogP contribution is 2.20. The first-order chi connectivity index (χ1) is 10.5. The first kappa shape index (κ1) is 16.5. The van der Waals surface area contributed by atoms with Crippen LogP contribution in [0.2, 0.25) is 0 Å². The fraction of sp³-hybridized carbons (Fsp3) is 0.375. The minimum absolute atomic E-state index is 0.195. The molecular formula is C16H19BrN2O3. The average Bonchev–Trinajstić information content (AvgIpc) is 2.97. The fourth-order valence-electron chi connectivity index (χ4n) is 2.19. The zero-order valence-corrected chi connectivity index (χ0v) is 13.9. The highest BCUT2D eigenvalue weighted by molar-refractivity contribution is 9.10. The lowest BCUT2D eigenvalue weighted by Gasteiger charge is -2.16. The van der Waals surface area contributed by atoms with E-state index in [0.717, 1.165) is 17.3 Å². The molecule has 0 fully saturated rings. The summed E-state index contributed by atoms with van der Waals surface area (Å²) in [6, 6.07) is 7.23. The van der Waals surface area contributed by atoms with E-state index in [2.05, 4.69) is 32.9 Å². The summed E-state index contributed by atoms with van der Waals surface area (Å²) < 4.78 is 6.39. The number of hydrazine groups is 1. The van der Waals surface area contributed by atoms with Crippen molar-refractivity contribution in [2.45, 2.75) is 32.3 Å². The molecule has 2 amide bonds. The summed E-state index contributed by atoms with van der Waals surface area (Å²) >= 11 is 3.34. The standard InChI is InChI=1S/C16H19BrN2O3/c1-11(22-14-8-4-7-13(17)10-14)16(21)19-18-15(20)9-12-5-2-3-6-12/h2,4-5,7-8,10-12H,3,6,9H2,1H3,(H,18,20)(H,19,21)/t11-,12-/m1/s1. The molecule has 0 bridgehead atoms. The van der Waals surface area contributed by atoms with E-state index in [1.54, 1.807) is 19.1 Å². The van der Waals surface area contributed by atoms with Crippen LogP contribution in [0.3, 0.4) is 0 Å². The molecule has 0 saturated carbocycles. The van der Waals surface area contributed by atoms with Gasteiger partial charge in [-0.3, -0.25) is 20.4 Å². The van der Waals surface area contributed by atoms with Gasteiger partial charge >= 0.3 is 0 Å². The molecule has 0 radical (unpaired) electrons. The minimum Gasteiger partial charge on any atom is -0.481 e. The lowest BCUT2D eigenvalue weighted by molar-refractivity contribution is -0.133. The molecule has 0 saturated heterocycles. The predicted octanol–water partition coefficient (Wildman–Crippen LogP) is 2.72. The first-order valence-corrected chi connectivity index (χ1v) is 8.01. The van der Waals surface area contributed by atoms with Crippen molar-refractivity contribution in [3.8, 4) is 5.75 Å². The number of rotatable bonds is 5.